The van der Waals surface area contributed by atoms with Crippen LogP contribution in [0.1, 0.15) is 11.6 Å². The van der Waals surface area contributed by atoms with Gasteiger partial charge in [0, 0.05) is 0 Å². The van der Waals surface area contributed by atoms with Crippen LogP contribution in [0.5, 0.6) is 5.75 Å². The number of nitrogens with one attached hydrogen (secondary N) is 1. The molecule has 19 heavy (non-hydrogen) atoms. The van der Waals surface area contributed by atoms with E-state index >= 15 is 0 Å². The number of rotatable bonds is 4. The molecule has 1 atom stereocenters. The fraction of sp³-hybridized carbons (Fsp3) is 0.133. The summed E-state index contributed by atoms with van der Waals surface area (Å²) in [6.45, 7) is 0. The van der Waals surface area contributed by atoms with Crippen molar-refractivity contribution in [3.63, 3.8) is 0 Å². The fourth-order valence-electron chi connectivity index (χ4n) is 1.74. The molecule has 0 spiro atoms. The van der Waals surface area contributed by atoms with Gasteiger partial charge in [-0.05, 0) is 29.8 Å². The molecule has 0 aliphatic rings. The van der Waals surface area contributed by atoms with E-state index in [9.17, 15) is 9.65 Å². The van der Waals surface area contributed by atoms with E-state index in [1.54, 1.807) is 49.6 Å². The number of hydrogen-bond donors (Lipinski definition) is 1. The molecular formula is C15H13FN2O. The van der Waals surface area contributed by atoms with Crippen molar-refractivity contribution in [3.05, 3.63) is 59.9 Å². The van der Waals surface area contributed by atoms with Crippen molar-refractivity contribution in [2.75, 3.05) is 12.4 Å². The van der Waals surface area contributed by atoms with E-state index in [-0.39, 0.29) is 5.82 Å². The molecule has 0 heterocycles. The van der Waals surface area contributed by atoms with Gasteiger partial charge in [0.15, 0.2) is 0 Å². The van der Waals surface area contributed by atoms with Crippen LogP contribution in [-0.2, 0) is 0 Å². The quantitative estimate of drug-likeness (QED) is 0.910. The SMILES string of the molecule is COc1cccc(C(C#N)Nc2ccccc2F)c1. The number of benzene rings is 2. The highest BCUT2D eigenvalue weighted by molar-refractivity contribution is 5.49. The summed E-state index contributed by atoms with van der Waals surface area (Å²) in [7, 11) is 1.56. The number of anilines is 1. The second-order valence-electron chi connectivity index (χ2n) is 3.96. The van der Waals surface area contributed by atoms with Crippen LogP contribution in [0, 0.1) is 17.1 Å². The van der Waals surface area contributed by atoms with Gasteiger partial charge in [-0.2, -0.15) is 5.26 Å². The predicted octanol–water partition coefficient (Wildman–Crippen LogP) is 3.51. The molecule has 0 saturated carbocycles. The first kappa shape index (κ1) is 12.9. The zero-order valence-corrected chi connectivity index (χ0v) is 10.4. The smallest absolute Gasteiger partial charge is 0.146 e. The molecule has 2 aromatic carbocycles. The Bertz CT molecular complexity index is 607. The lowest BCUT2D eigenvalue weighted by Gasteiger charge is -2.14. The number of ether oxygens (including phenoxy) is 1. The molecule has 3 nitrogen and oxygen atoms in total. The Morgan fingerprint density at radius 1 is 1.21 bits per heavy atom. The van der Waals surface area contributed by atoms with Gasteiger partial charge in [-0.15, -0.1) is 0 Å². The normalized spacial score (nSPS) is 11.4. The summed E-state index contributed by atoms with van der Waals surface area (Å²) in [5.41, 5.74) is 1.03. The van der Waals surface area contributed by atoms with Crippen molar-refractivity contribution in [3.8, 4) is 11.8 Å². The maximum absolute atomic E-state index is 13.6. The number of nitrogens with zero attached hydrogens (tertiary/aromatic N) is 1. The third-order valence-electron chi connectivity index (χ3n) is 2.73. The average Bonchev–Trinajstić information content (AvgIpc) is 2.46. The van der Waals surface area contributed by atoms with Gasteiger partial charge in [0.1, 0.15) is 17.6 Å². The Hall–Kier alpha value is -2.54. The molecule has 4 heteroatoms. The van der Waals surface area contributed by atoms with Crippen molar-refractivity contribution in [1.82, 2.24) is 0 Å². The first-order valence-corrected chi connectivity index (χ1v) is 5.79. The minimum Gasteiger partial charge on any atom is -0.497 e. The lowest BCUT2D eigenvalue weighted by Crippen LogP contribution is -2.09. The molecule has 96 valence electrons. The van der Waals surface area contributed by atoms with Gasteiger partial charge < -0.3 is 10.1 Å². The predicted molar refractivity (Wildman–Crippen MR) is 71.4 cm³/mol. The Labute approximate surface area is 111 Å². The van der Waals surface area contributed by atoms with Crippen LogP contribution in [0.15, 0.2) is 48.5 Å². The third-order valence-corrected chi connectivity index (χ3v) is 2.73. The molecule has 0 aliphatic carbocycles. The van der Waals surface area contributed by atoms with Crippen LogP contribution in [0.4, 0.5) is 10.1 Å². The summed E-state index contributed by atoms with van der Waals surface area (Å²) in [6.07, 6.45) is 0. The summed E-state index contributed by atoms with van der Waals surface area (Å²) in [6, 6.07) is 14.9. The molecule has 0 aromatic heterocycles. The lowest BCUT2D eigenvalue weighted by atomic mass is 10.1. The Morgan fingerprint density at radius 2 is 2.00 bits per heavy atom. The number of hydrogen-bond acceptors (Lipinski definition) is 3. The van der Waals surface area contributed by atoms with Crippen molar-refractivity contribution >= 4 is 5.69 Å². The number of para-hydroxylation sites is 1. The molecule has 0 saturated heterocycles. The van der Waals surface area contributed by atoms with Gasteiger partial charge in [0.05, 0.1) is 18.9 Å². The topological polar surface area (TPSA) is 45.0 Å². The van der Waals surface area contributed by atoms with E-state index in [4.69, 9.17) is 4.74 Å². The minimum atomic E-state index is -0.632. The monoisotopic (exact) mass is 256 g/mol. The van der Waals surface area contributed by atoms with E-state index in [0.29, 0.717) is 11.4 Å². The molecular weight excluding hydrogens is 243 g/mol. The van der Waals surface area contributed by atoms with Gasteiger partial charge in [-0.25, -0.2) is 4.39 Å². The van der Waals surface area contributed by atoms with Crippen molar-refractivity contribution in [2.24, 2.45) is 0 Å². The van der Waals surface area contributed by atoms with E-state index in [1.807, 2.05) is 0 Å². The van der Waals surface area contributed by atoms with Crippen LogP contribution >= 0.6 is 0 Å². The second-order valence-corrected chi connectivity index (χ2v) is 3.96. The number of methoxy groups -OCH3 is 1. The van der Waals surface area contributed by atoms with Gasteiger partial charge in [0.25, 0.3) is 0 Å². The maximum Gasteiger partial charge on any atom is 0.146 e. The van der Waals surface area contributed by atoms with Crippen LogP contribution in [0.3, 0.4) is 0 Å². The van der Waals surface area contributed by atoms with Crippen molar-refractivity contribution in [2.45, 2.75) is 6.04 Å². The maximum atomic E-state index is 13.6. The molecule has 0 radical (unpaired) electrons. The highest BCUT2D eigenvalue weighted by Gasteiger charge is 2.12. The Kier molecular flexibility index (Phi) is 3.99. The number of halogens is 1. The highest BCUT2D eigenvalue weighted by atomic mass is 19.1. The average molecular weight is 256 g/mol. The molecule has 0 bridgehead atoms. The van der Waals surface area contributed by atoms with E-state index in [2.05, 4.69) is 11.4 Å². The summed E-state index contributed by atoms with van der Waals surface area (Å²) < 4.78 is 18.7. The summed E-state index contributed by atoms with van der Waals surface area (Å²) in [5.74, 6) is 0.277. The molecule has 0 aliphatic heterocycles. The molecule has 2 aromatic rings. The fourth-order valence-corrected chi connectivity index (χ4v) is 1.74. The molecule has 1 unspecified atom stereocenters. The van der Waals surface area contributed by atoms with E-state index in [1.165, 1.54) is 6.07 Å². The zero-order chi connectivity index (χ0) is 13.7. The lowest BCUT2D eigenvalue weighted by molar-refractivity contribution is 0.414. The first-order valence-electron chi connectivity index (χ1n) is 5.79. The third kappa shape index (κ3) is 3.02. The summed E-state index contributed by atoms with van der Waals surface area (Å²) in [5, 5.41) is 12.1. The van der Waals surface area contributed by atoms with E-state index < -0.39 is 6.04 Å². The molecule has 1 N–H and O–H groups in total. The summed E-state index contributed by atoms with van der Waals surface area (Å²) in [4.78, 5) is 0. The number of nitriles is 1. The van der Waals surface area contributed by atoms with E-state index in [0.717, 1.165) is 5.56 Å². The van der Waals surface area contributed by atoms with Crippen LogP contribution in [-0.4, -0.2) is 7.11 Å². The van der Waals surface area contributed by atoms with Crippen LogP contribution in [0.2, 0.25) is 0 Å². The summed E-state index contributed by atoms with van der Waals surface area (Å²) >= 11 is 0. The zero-order valence-electron chi connectivity index (χ0n) is 10.4. The highest BCUT2D eigenvalue weighted by Crippen LogP contribution is 2.23. The Balaban J connectivity index is 2.26. The van der Waals surface area contributed by atoms with Crippen LogP contribution < -0.4 is 10.1 Å². The van der Waals surface area contributed by atoms with Gasteiger partial charge in [-0.3, -0.25) is 0 Å². The van der Waals surface area contributed by atoms with Crippen LogP contribution in [0.25, 0.3) is 0 Å². The largest absolute Gasteiger partial charge is 0.497 e. The Morgan fingerprint density at radius 3 is 2.68 bits per heavy atom. The first-order chi connectivity index (χ1) is 9.24. The van der Waals surface area contributed by atoms with Crippen molar-refractivity contribution in [1.29, 1.82) is 5.26 Å². The minimum absolute atomic E-state index is 0.303. The standard InChI is InChI=1S/C15H13FN2O/c1-19-12-6-4-5-11(9-12)15(10-17)18-14-8-3-2-7-13(14)16/h2-9,15,18H,1H3. The van der Waals surface area contributed by atoms with Gasteiger partial charge in [0.2, 0.25) is 0 Å². The van der Waals surface area contributed by atoms with Gasteiger partial charge >= 0.3 is 0 Å². The van der Waals surface area contributed by atoms with Gasteiger partial charge in [-0.1, -0.05) is 24.3 Å². The second kappa shape index (κ2) is 5.87. The van der Waals surface area contributed by atoms with Crippen molar-refractivity contribution < 1.29 is 9.13 Å². The molecule has 0 amide bonds. The molecule has 0 fully saturated rings. The molecule has 2 rings (SSSR count).